The van der Waals surface area contributed by atoms with Crippen LogP contribution in [-0.4, -0.2) is 38.3 Å². The molecule has 0 aliphatic carbocycles. The zero-order valence-electron chi connectivity index (χ0n) is 10.6. The molecule has 0 bridgehead atoms. The maximum absolute atomic E-state index is 11.6. The Labute approximate surface area is 98.1 Å². The number of carbonyl (C=O) groups excluding carboxylic acids is 1. The van der Waals surface area contributed by atoms with Gasteiger partial charge in [0.15, 0.2) is 0 Å². The van der Waals surface area contributed by atoms with E-state index in [0.717, 1.165) is 26.1 Å². The summed E-state index contributed by atoms with van der Waals surface area (Å²) in [6.45, 7) is 6.38. The fraction of sp³-hybridized carbons (Fsp3) is 0.917. The van der Waals surface area contributed by atoms with Crippen LogP contribution in [0.5, 0.6) is 0 Å². The van der Waals surface area contributed by atoms with Crippen LogP contribution in [0.25, 0.3) is 0 Å². The van der Waals surface area contributed by atoms with Crippen molar-refractivity contribution in [2.45, 2.75) is 38.6 Å². The molecular formula is C12H24N2O2. The first-order valence-corrected chi connectivity index (χ1v) is 6.11. The lowest BCUT2D eigenvalue weighted by Crippen LogP contribution is -2.55. The van der Waals surface area contributed by atoms with E-state index in [9.17, 15) is 4.79 Å². The number of nitrogens with one attached hydrogen (secondary N) is 2. The third kappa shape index (κ3) is 4.10. The van der Waals surface area contributed by atoms with Crippen molar-refractivity contribution in [3.05, 3.63) is 0 Å². The second-order valence-corrected chi connectivity index (χ2v) is 5.02. The Bertz CT molecular complexity index is 223. The molecule has 1 fully saturated rings. The van der Waals surface area contributed by atoms with Crippen LogP contribution >= 0.6 is 0 Å². The van der Waals surface area contributed by atoms with Gasteiger partial charge < -0.3 is 15.4 Å². The van der Waals surface area contributed by atoms with Crippen molar-refractivity contribution in [1.29, 1.82) is 0 Å². The number of hydrogen-bond donors (Lipinski definition) is 2. The number of amides is 1. The van der Waals surface area contributed by atoms with Gasteiger partial charge in [-0.05, 0) is 25.8 Å². The molecule has 1 amide bonds. The molecular weight excluding hydrogens is 204 g/mol. The van der Waals surface area contributed by atoms with Crippen molar-refractivity contribution in [3.63, 3.8) is 0 Å². The fourth-order valence-corrected chi connectivity index (χ4v) is 1.99. The van der Waals surface area contributed by atoms with Crippen LogP contribution < -0.4 is 10.6 Å². The molecule has 4 heteroatoms. The predicted molar refractivity (Wildman–Crippen MR) is 64.3 cm³/mol. The van der Waals surface area contributed by atoms with Gasteiger partial charge in [-0.15, -0.1) is 0 Å². The van der Waals surface area contributed by atoms with Gasteiger partial charge in [0.1, 0.15) is 0 Å². The molecule has 1 aliphatic heterocycles. The standard InChI is InChI=1S/C12H24N2O2/c1-10(2)8-11(15)14-9-12(13-3)4-6-16-7-5-12/h10,13H,4-9H2,1-3H3,(H,14,15). The molecule has 1 rings (SSSR count). The summed E-state index contributed by atoms with van der Waals surface area (Å²) in [5.74, 6) is 0.566. The highest BCUT2D eigenvalue weighted by Gasteiger charge is 2.30. The summed E-state index contributed by atoms with van der Waals surface area (Å²) >= 11 is 0. The van der Waals surface area contributed by atoms with Crippen molar-refractivity contribution in [3.8, 4) is 0 Å². The van der Waals surface area contributed by atoms with Crippen molar-refractivity contribution in [2.75, 3.05) is 26.8 Å². The number of carbonyl (C=O) groups is 1. The predicted octanol–water partition coefficient (Wildman–Crippen LogP) is 0.917. The van der Waals surface area contributed by atoms with Crippen LogP contribution in [0.2, 0.25) is 0 Å². The molecule has 2 N–H and O–H groups in total. The molecule has 4 nitrogen and oxygen atoms in total. The molecule has 0 atom stereocenters. The summed E-state index contributed by atoms with van der Waals surface area (Å²) in [6.07, 6.45) is 2.53. The zero-order valence-corrected chi connectivity index (χ0v) is 10.6. The van der Waals surface area contributed by atoms with Gasteiger partial charge in [0, 0.05) is 31.7 Å². The SMILES string of the molecule is CNC1(CNC(=O)CC(C)C)CCOCC1. The molecule has 1 aliphatic rings. The van der Waals surface area contributed by atoms with Crippen LogP contribution in [-0.2, 0) is 9.53 Å². The summed E-state index contributed by atoms with van der Waals surface area (Å²) in [4.78, 5) is 11.6. The Balaban J connectivity index is 2.35. The molecule has 0 aromatic heterocycles. The summed E-state index contributed by atoms with van der Waals surface area (Å²) in [6, 6.07) is 0. The van der Waals surface area contributed by atoms with E-state index in [0.29, 0.717) is 18.9 Å². The normalized spacial score (nSPS) is 19.8. The van der Waals surface area contributed by atoms with Gasteiger partial charge in [0.2, 0.25) is 5.91 Å². The molecule has 1 heterocycles. The van der Waals surface area contributed by atoms with E-state index in [1.165, 1.54) is 0 Å². The van der Waals surface area contributed by atoms with Crippen LogP contribution in [0.3, 0.4) is 0 Å². The van der Waals surface area contributed by atoms with E-state index in [-0.39, 0.29) is 11.4 Å². The first-order valence-electron chi connectivity index (χ1n) is 6.11. The minimum Gasteiger partial charge on any atom is -0.381 e. The van der Waals surface area contributed by atoms with Gasteiger partial charge in [-0.1, -0.05) is 13.8 Å². The zero-order chi connectivity index (χ0) is 12.0. The third-order valence-corrected chi connectivity index (χ3v) is 3.20. The molecule has 0 spiro atoms. The highest BCUT2D eigenvalue weighted by Crippen LogP contribution is 2.19. The summed E-state index contributed by atoms with van der Waals surface area (Å²) in [7, 11) is 1.96. The largest absolute Gasteiger partial charge is 0.381 e. The molecule has 0 aromatic rings. The third-order valence-electron chi connectivity index (χ3n) is 3.20. The molecule has 0 saturated carbocycles. The highest BCUT2D eigenvalue weighted by atomic mass is 16.5. The minimum absolute atomic E-state index is 0.0326. The Morgan fingerprint density at radius 1 is 1.38 bits per heavy atom. The maximum Gasteiger partial charge on any atom is 0.220 e. The fourth-order valence-electron chi connectivity index (χ4n) is 1.99. The Morgan fingerprint density at radius 2 is 2.00 bits per heavy atom. The molecule has 0 radical (unpaired) electrons. The van der Waals surface area contributed by atoms with Crippen LogP contribution in [0, 0.1) is 5.92 Å². The molecule has 0 unspecified atom stereocenters. The number of rotatable bonds is 5. The smallest absolute Gasteiger partial charge is 0.220 e. The van der Waals surface area contributed by atoms with Gasteiger partial charge in [-0.2, -0.15) is 0 Å². The van der Waals surface area contributed by atoms with Crippen LogP contribution in [0.15, 0.2) is 0 Å². The van der Waals surface area contributed by atoms with Crippen LogP contribution in [0.4, 0.5) is 0 Å². The van der Waals surface area contributed by atoms with Crippen molar-refractivity contribution >= 4 is 5.91 Å². The average molecular weight is 228 g/mol. The quantitative estimate of drug-likeness (QED) is 0.735. The van der Waals surface area contributed by atoms with Gasteiger partial charge in [-0.25, -0.2) is 0 Å². The molecule has 1 saturated heterocycles. The van der Waals surface area contributed by atoms with E-state index in [4.69, 9.17) is 4.74 Å². The lowest BCUT2D eigenvalue weighted by atomic mass is 9.90. The molecule has 0 aromatic carbocycles. The van der Waals surface area contributed by atoms with E-state index >= 15 is 0 Å². The summed E-state index contributed by atoms with van der Waals surface area (Å²) in [5, 5.41) is 6.35. The maximum atomic E-state index is 11.6. The lowest BCUT2D eigenvalue weighted by Gasteiger charge is -2.37. The second-order valence-electron chi connectivity index (χ2n) is 5.02. The number of ether oxygens (including phenoxy) is 1. The average Bonchev–Trinajstić information content (AvgIpc) is 2.27. The Hall–Kier alpha value is -0.610. The van der Waals surface area contributed by atoms with Gasteiger partial charge in [-0.3, -0.25) is 4.79 Å². The number of likely N-dealkylation sites (N-methyl/N-ethyl adjacent to an activating group) is 1. The van der Waals surface area contributed by atoms with E-state index in [1.54, 1.807) is 0 Å². The van der Waals surface area contributed by atoms with E-state index in [1.807, 2.05) is 7.05 Å². The minimum atomic E-state index is 0.0326. The first kappa shape index (κ1) is 13.5. The molecule has 16 heavy (non-hydrogen) atoms. The summed E-state index contributed by atoms with van der Waals surface area (Å²) < 4.78 is 5.35. The Kier molecular flexibility index (Phi) is 5.22. The van der Waals surface area contributed by atoms with Gasteiger partial charge in [0.05, 0.1) is 0 Å². The highest BCUT2D eigenvalue weighted by molar-refractivity contribution is 5.76. The van der Waals surface area contributed by atoms with Gasteiger partial charge in [0.25, 0.3) is 0 Å². The van der Waals surface area contributed by atoms with Gasteiger partial charge >= 0.3 is 0 Å². The van der Waals surface area contributed by atoms with Crippen molar-refractivity contribution < 1.29 is 9.53 Å². The van der Waals surface area contributed by atoms with E-state index < -0.39 is 0 Å². The first-order chi connectivity index (χ1) is 7.58. The van der Waals surface area contributed by atoms with Crippen LogP contribution in [0.1, 0.15) is 33.1 Å². The summed E-state index contributed by atoms with van der Waals surface area (Å²) in [5.41, 5.74) is 0.0326. The van der Waals surface area contributed by atoms with E-state index in [2.05, 4.69) is 24.5 Å². The number of hydrogen-bond acceptors (Lipinski definition) is 3. The van der Waals surface area contributed by atoms with Crippen molar-refractivity contribution in [1.82, 2.24) is 10.6 Å². The second kappa shape index (κ2) is 6.21. The molecule has 94 valence electrons. The topological polar surface area (TPSA) is 50.4 Å². The Morgan fingerprint density at radius 3 is 2.50 bits per heavy atom. The van der Waals surface area contributed by atoms with Crippen molar-refractivity contribution in [2.24, 2.45) is 5.92 Å². The monoisotopic (exact) mass is 228 g/mol. The lowest BCUT2D eigenvalue weighted by molar-refractivity contribution is -0.122.